The molecule has 0 atom stereocenters. The molecular weight excluding hydrogens is 294 g/mol. The van der Waals surface area contributed by atoms with E-state index in [9.17, 15) is 0 Å². The molecule has 0 bridgehead atoms. The summed E-state index contributed by atoms with van der Waals surface area (Å²) in [6, 6.07) is 4.04. The summed E-state index contributed by atoms with van der Waals surface area (Å²) < 4.78 is 8.62. The summed E-state index contributed by atoms with van der Waals surface area (Å²) in [5.41, 5.74) is 8.61. The van der Waals surface area contributed by atoms with Crippen molar-refractivity contribution in [3.63, 3.8) is 0 Å². The molecule has 18 heavy (non-hydrogen) atoms. The quantitative estimate of drug-likeness (QED) is 0.944. The number of benzene rings is 1. The fourth-order valence-electron chi connectivity index (χ4n) is 1.75. The number of hydrogen-bond donors (Lipinski definition) is 1. The lowest BCUT2D eigenvalue weighted by Crippen LogP contribution is -2.08. The van der Waals surface area contributed by atoms with E-state index in [1.54, 1.807) is 17.1 Å². The van der Waals surface area contributed by atoms with Crippen LogP contribution in [0.15, 0.2) is 29.0 Å². The van der Waals surface area contributed by atoms with E-state index in [2.05, 4.69) is 34.9 Å². The molecule has 4 nitrogen and oxygen atoms in total. The molecule has 96 valence electrons. The first kappa shape index (κ1) is 13.0. The van der Waals surface area contributed by atoms with Crippen molar-refractivity contribution in [2.45, 2.75) is 20.4 Å². The van der Waals surface area contributed by atoms with Crippen LogP contribution in [0, 0.1) is 13.8 Å². The van der Waals surface area contributed by atoms with Gasteiger partial charge >= 0.3 is 0 Å². The van der Waals surface area contributed by atoms with E-state index >= 15 is 0 Å². The predicted octanol–water partition coefficient (Wildman–Crippen LogP) is 2.92. The zero-order valence-electron chi connectivity index (χ0n) is 10.5. The zero-order valence-corrected chi connectivity index (χ0v) is 12.1. The van der Waals surface area contributed by atoms with Gasteiger partial charge in [-0.3, -0.25) is 4.68 Å². The first-order chi connectivity index (χ1) is 8.56. The average molecular weight is 310 g/mol. The van der Waals surface area contributed by atoms with E-state index in [1.165, 1.54) is 11.1 Å². The number of halogens is 1. The molecule has 0 radical (unpaired) electrons. The Morgan fingerprint density at radius 2 is 2.00 bits per heavy atom. The van der Waals surface area contributed by atoms with Gasteiger partial charge in [-0.25, -0.2) is 0 Å². The topological polar surface area (TPSA) is 53.1 Å². The molecule has 0 aliphatic rings. The minimum absolute atomic E-state index is 0.571. The van der Waals surface area contributed by atoms with Crippen LogP contribution in [-0.2, 0) is 6.54 Å². The van der Waals surface area contributed by atoms with Crippen LogP contribution in [0.1, 0.15) is 11.1 Å². The SMILES string of the molecule is Cc1cc(OCCn2cc(N)cn2)cc(C)c1Br. The molecule has 0 saturated carbocycles. The van der Waals surface area contributed by atoms with Crippen molar-refractivity contribution >= 4 is 21.6 Å². The monoisotopic (exact) mass is 309 g/mol. The number of anilines is 1. The van der Waals surface area contributed by atoms with Crippen molar-refractivity contribution in [1.29, 1.82) is 0 Å². The van der Waals surface area contributed by atoms with Gasteiger partial charge in [0.25, 0.3) is 0 Å². The van der Waals surface area contributed by atoms with Gasteiger partial charge in [0.1, 0.15) is 12.4 Å². The van der Waals surface area contributed by atoms with E-state index in [0.29, 0.717) is 18.8 Å². The lowest BCUT2D eigenvalue weighted by molar-refractivity contribution is 0.291. The summed E-state index contributed by atoms with van der Waals surface area (Å²) in [7, 11) is 0. The number of rotatable bonds is 4. The standard InChI is InChI=1S/C13H16BrN3O/c1-9-5-12(6-10(2)13(9)14)18-4-3-17-8-11(15)7-16-17/h5-8H,3-4,15H2,1-2H3. The lowest BCUT2D eigenvalue weighted by atomic mass is 10.1. The summed E-state index contributed by atoms with van der Waals surface area (Å²) in [5, 5.41) is 4.10. The van der Waals surface area contributed by atoms with Gasteiger partial charge in [0, 0.05) is 10.7 Å². The number of aromatic nitrogens is 2. The Labute approximate surface area is 115 Å². The fourth-order valence-corrected chi connectivity index (χ4v) is 1.98. The maximum Gasteiger partial charge on any atom is 0.119 e. The van der Waals surface area contributed by atoms with E-state index < -0.39 is 0 Å². The maximum atomic E-state index is 5.71. The average Bonchev–Trinajstić information content (AvgIpc) is 2.72. The predicted molar refractivity (Wildman–Crippen MR) is 75.8 cm³/mol. The summed E-state index contributed by atoms with van der Waals surface area (Å²) in [6.45, 7) is 5.36. The van der Waals surface area contributed by atoms with Gasteiger partial charge < -0.3 is 10.5 Å². The molecule has 1 aromatic carbocycles. The molecule has 1 heterocycles. The second kappa shape index (κ2) is 5.44. The van der Waals surface area contributed by atoms with Crippen molar-refractivity contribution in [3.8, 4) is 5.75 Å². The van der Waals surface area contributed by atoms with Crippen LogP contribution in [0.3, 0.4) is 0 Å². The third-order valence-corrected chi connectivity index (χ3v) is 3.90. The van der Waals surface area contributed by atoms with Gasteiger partial charge in [0.05, 0.1) is 18.4 Å². The highest BCUT2D eigenvalue weighted by Crippen LogP contribution is 2.26. The van der Waals surface area contributed by atoms with Crippen LogP contribution in [-0.4, -0.2) is 16.4 Å². The second-order valence-electron chi connectivity index (χ2n) is 4.26. The van der Waals surface area contributed by atoms with Gasteiger partial charge in [0.2, 0.25) is 0 Å². The number of ether oxygens (including phenoxy) is 1. The summed E-state index contributed by atoms with van der Waals surface area (Å²) in [6.07, 6.45) is 3.43. The third kappa shape index (κ3) is 3.04. The maximum absolute atomic E-state index is 5.71. The molecule has 0 amide bonds. The molecule has 1 aromatic heterocycles. The molecule has 5 heteroatoms. The molecule has 2 aromatic rings. The Hall–Kier alpha value is -1.49. The molecule has 2 N–H and O–H groups in total. The highest BCUT2D eigenvalue weighted by atomic mass is 79.9. The second-order valence-corrected chi connectivity index (χ2v) is 5.05. The van der Waals surface area contributed by atoms with E-state index in [0.717, 1.165) is 10.2 Å². The van der Waals surface area contributed by atoms with Gasteiger partial charge in [-0.2, -0.15) is 5.10 Å². The fraction of sp³-hybridized carbons (Fsp3) is 0.308. The Morgan fingerprint density at radius 3 is 2.56 bits per heavy atom. The largest absolute Gasteiger partial charge is 0.492 e. The van der Waals surface area contributed by atoms with Crippen molar-refractivity contribution in [3.05, 3.63) is 40.1 Å². The van der Waals surface area contributed by atoms with Crippen LogP contribution in [0.4, 0.5) is 5.69 Å². The highest BCUT2D eigenvalue weighted by molar-refractivity contribution is 9.10. The van der Waals surface area contributed by atoms with Crippen molar-refractivity contribution in [1.82, 2.24) is 9.78 Å². The zero-order chi connectivity index (χ0) is 13.1. The highest BCUT2D eigenvalue weighted by Gasteiger charge is 2.03. The molecule has 0 spiro atoms. The van der Waals surface area contributed by atoms with Gasteiger partial charge in [-0.15, -0.1) is 0 Å². The molecule has 0 fully saturated rings. The molecule has 2 rings (SSSR count). The Balaban J connectivity index is 1.94. The minimum Gasteiger partial charge on any atom is -0.492 e. The number of nitrogens with two attached hydrogens (primary N) is 1. The molecule has 0 unspecified atom stereocenters. The van der Waals surface area contributed by atoms with Crippen molar-refractivity contribution in [2.24, 2.45) is 0 Å². The Bertz CT molecular complexity index is 528. The number of nitrogen functional groups attached to an aromatic ring is 1. The van der Waals surface area contributed by atoms with E-state index in [-0.39, 0.29) is 0 Å². The molecular formula is C13H16BrN3O. The lowest BCUT2D eigenvalue weighted by Gasteiger charge is -2.10. The van der Waals surface area contributed by atoms with E-state index in [4.69, 9.17) is 10.5 Å². The first-order valence-electron chi connectivity index (χ1n) is 5.74. The minimum atomic E-state index is 0.571. The Kier molecular flexibility index (Phi) is 3.91. The molecule has 0 aliphatic carbocycles. The van der Waals surface area contributed by atoms with Crippen LogP contribution in [0.5, 0.6) is 5.75 Å². The third-order valence-electron chi connectivity index (χ3n) is 2.65. The van der Waals surface area contributed by atoms with Crippen molar-refractivity contribution in [2.75, 3.05) is 12.3 Å². The number of hydrogen-bond acceptors (Lipinski definition) is 3. The van der Waals surface area contributed by atoms with Crippen LogP contribution >= 0.6 is 15.9 Å². The normalized spacial score (nSPS) is 10.6. The Morgan fingerprint density at radius 1 is 1.33 bits per heavy atom. The molecule has 0 aliphatic heterocycles. The summed E-state index contributed by atoms with van der Waals surface area (Å²) >= 11 is 3.54. The van der Waals surface area contributed by atoms with Gasteiger partial charge in [0.15, 0.2) is 0 Å². The van der Waals surface area contributed by atoms with Crippen molar-refractivity contribution < 1.29 is 4.74 Å². The summed E-state index contributed by atoms with van der Waals surface area (Å²) in [4.78, 5) is 0. The molecule has 0 saturated heterocycles. The van der Waals surface area contributed by atoms with Crippen LogP contribution in [0.25, 0.3) is 0 Å². The first-order valence-corrected chi connectivity index (χ1v) is 6.53. The summed E-state index contributed by atoms with van der Waals surface area (Å²) in [5.74, 6) is 0.883. The van der Waals surface area contributed by atoms with Gasteiger partial charge in [-0.05, 0) is 37.1 Å². The van der Waals surface area contributed by atoms with E-state index in [1.807, 2.05) is 12.1 Å². The smallest absolute Gasteiger partial charge is 0.119 e. The van der Waals surface area contributed by atoms with Gasteiger partial charge in [-0.1, -0.05) is 15.9 Å². The van der Waals surface area contributed by atoms with Crippen LogP contribution in [0.2, 0.25) is 0 Å². The number of nitrogens with zero attached hydrogens (tertiary/aromatic N) is 2. The number of aryl methyl sites for hydroxylation is 2. The van der Waals surface area contributed by atoms with Crippen LogP contribution < -0.4 is 10.5 Å².